The molecule has 0 radical (unpaired) electrons. The predicted molar refractivity (Wildman–Crippen MR) is 79.9 cm³/mol. The summed E-state index contributed by atoms with van der Waals surface area (Å²) >= 11 is 0. The number of azo groups is 1. The highest BCUT2D eigenvalue weighted by atomic mass is 15.2. The maximum absolute atomic E-state index is 4.32. The van der Waals surface area contributed by atoms with Crippen LogP contribution in [0.15, 0.2) is 77.1 Å². The van der Waals surface area contributed by atoms with Gasteiger partial charge in [0.05, 0.1) is 11.0 Å². The second-order valence-electron chi connectivity index (χ2n) is 4.37. The summed E-state index contributed by atoms with van der Waals surface area (Å²) in [7, 11) is 0. The molecule has 20 heavy (non-hydrogen) atoms. The first-order valence-electron chi connectivity index (χ1n) is 6.46. The Bertz CT molecular complexity index is 708. The van der Waals surface area contributed by atoms with Crippen LogP contribution >= 0.6 is 0 Å². The van der Waals surface area contributed by atoms with E-state index in [0.29, 0.717) is 5.95 Å². The summed E-state index contributed by atoms with van der Waals surface area (Å²) in [6.07, 6.45) is 4.52. The third kappa shape index (κ3) is 2.98. The molecule has 1 heterocycles. The van der Waals surface area contributed by atoms with Crippen LogP contribution in [0.5, 0.6) is 0 Å². The van der Waals surface area contributed by atoms with Gasteiger partial charge in [-0.3, -0.25) is 0 Å². The van der Waals surface area contributed by atoms with Crippen molar-refractivity contribution in [2.24, 2.45) is 10.2 Å². The average molecular weight is 262 g/mol. The molecule has 1 N–H and O–H groups in total. The quantitative estimate of drug-likeness (QED) is 0.696. The number of allylic oxidation sites excluding steroid dienone is 1. The van der Waals surface area contributed by atoms with Crippen molar-refractivity contribution in [3.05, 3.63) is 72.4 Å². The normalized spacial score (nSPS) is 11.8. The molecule has 3 rings (SSSR count). The molecule has 0 aliphatic rings. The van der Waals surface area contributed by atoms with Crippen molar-refractivity contribution in [3.63, 3.8) is 0 Å². The van der Waals surface area contributed by atoms with Gasteiger partial charge in [-0.25, -0.2) is 4.98 Å². The van der Waals surface area contributed by atoms with E-state index in [2.05, 4.69) is 32.3 Å². The highest BCUT2D eigenvalue weighted by Gasteiger charge is 1.98. The Labute approximate surface area is 116 Å². The van der Waals surface area contributed by atoms with Crippen molar-refractivity contribution < 1.29 is 0 Å². The Hall–Kier alpha value is -2.75. The van der Waals surface area contributed by atoms with E-state index in [9.17, 15) is 0 Å². The molecule has 3 aromatic rings. The Morgan fingerprint density at radius 2 is 1.80 bits per heavy atom. The van der Waals surface area contributed by atoms with Gasteiger partial charge in [-0.15, -0.1) is 5.11 Å². The second kappa shape index (κ2) is 5.93. The fraction of sp³-hybridized carbons (Fsp3) is 0.0625. The zero-order valence-corrected chi connectivity index (χ0v) is 10.9. The lowest BCUT2D eigenvalue weighted by molar-refractivity contribution is 1.12. The van der Waals surface area contributed by atoms with Crippen LogP contribution in [0.3, 0.4) is 0 Å². The number of aromatic amines is 1. The van der Waals surface area contributed by atoms with Gasteiger partial charge in [-0.2, -0.15) is 5.11 Å². The van der Waals surface area contributed by atoms with Gasteiger partial charge in [0.2, 0.25) is 5.95 Å². The van der Waals surface area contributed by atoms with Gasteiger partial charge in [0.15, 0.2) is 0 Å². The number of benzene rings is 2. The van der Waals surface area contributed by atoms with E-state index in [0.717, 1.165) is 17.5 Å². The molecule has 0 spiro atoms. The molecular formula is C16H14N4. The fourth-order valence-corrected chi connectivity index (χ4v) is 1.92. The van der Waals surface area contributed by atoms with Crippen molar-refractivity contribution in [3.8, 4) is 0 Å². The first-order chi connectivity index (χ1) is 9.92. The maximum atomic E-state index is 4.32. The first-order valence-corrected chi connectivity index (χ1v) is 6.46. The number of hydrogen-bond acceptors (Lipinski definition) is 3. The molecule has 1 aromatic heterocycles. The molecule has 0 fully saturated rings. The molecule has 0 saturated heterocycles. The highest BCUT2D eigenvalue weighted by Crippen LogP contribution is 2.15. The summed E-state index contributed by atoms with van der Waals surface area (Å²) in [6.45, 7) is 0. The molecule has 0 saturated carbocycles. The van der Waals surface area contributed by atoms with Crippen LogP contribution in [0.2, 0.25) is 0 Å². The number of aromatic nitrogens is 2. The van der Waals surface area contributed by atoms with E-state index in [1.807, 2.05) is 48.5 Å². The van der Waals surface area contributed by atoms with Crippen molar-refractivity contribution in [1.29, 1.82) is 0 Å². The van der Waals surface area contributed by atoms with Crippen LogP contribution in [0.1, 0.15) is 5.56 Å². The minimum absolute atomic E-state index is 0.524. The molecule has 4 nitrogen and oxygen atoms in total. The van der Waals surface area contributed by atoms with Gasteiger partial charge in [0, 0.05) is 6.20 Å². The highest BCUT2D eigenvalue weighted by molar-refractivity contribution is 5.76. The molecule has 98 valence electrons. The monoisotopic (exact) mass is 262 g/mol. The van der Waals surface area contributed by atoms with Crippen LogP contribution < -0.4 is 0 Å². The lowest BCUT2D eigenvalue weighted by atomic mass is 10.1. The van der Waals surface area contributed by atoms with Crippen molar-refractivity contribution >= 4 is 17.0 Å². The minimum atomic E-state index is 0.524. The Morgan fingerprint density at radius 3 is 2.65 bits per heavy atom. The Morgan fingerprint density at radius 1 is 1.00 bits per heavy atom. The van der Waals surface area contributed by atoms with Crippen molar-refractivity contribution in [1.82, 2.24) is 9.97 Å². The number of nitrogens with zero attached hydrogens (tertiary/aromatic N) is 3. The third-order valence-electron chi connectivity index (χ3n) is 2.90. The summed E-state index contributed by atoms with van der Waals surface area (Å²) < 4.78 is 0. The maximum Gasteiger partial charge on any atom is 0.247 e. The first kappa shape index (κ1) is 12.3. The lowest BCUT2D eigenvalue weighted by Gasteiger charge is -1.92. The standard InChI is InChI=1S/C16H14N4/c1-2-7-13(8-3-1)9-6-12-17-20-16-18-14-10-4-5-11-15(14)19-16/h1-8,10-12H,9H2,(H,18,19)/b12-6+,20-17?. The second-order valence-corrected chi connectivity index (χ2v) is 4.37. The number of fused-ring (bicyclic) bond motifs is 1. The zero-order valence-electron chi connectivity index (χ0n) is 10.9. The minimum Gasteiger partial charge on any atom is -0.321 e. The summed E-state index contributed by atoms with van der Waals surface area (Å²) in [5.41, 5.74) is 3.12. The third-order valence-corrected chi connectivity index (χ3v) is 2.90. The smallest absolute Gasteiger partial charge is 0.247 e. The molecule has 4 heteroatoms. The topological polar surface area (TPSA) is 53.4 Å². The number of rotatable bonds is 4. The number of nitrogens with one attached hydrogen (secondary N) is 1. The van der Waals surface area contributed by atoms with Gasteiger partial charge in [-0.05, 0) is 24.1 Å². The van der Waals surface area contributed by atoms with E-state index in [1.165, 1.54) is 5.56 Å². The molecule has 0 unspecified atom stereocenters. The van der Waals surface area contributed by atoms with Gasteiger partial charge in [-0.1, -0.05) is 48.5 Å². The predicted octanol–water partition coefficient (Wildman–Crippen LogP) is 4.40. The van der Waals surface area contributed by atoms with E-state index in [-0.39, 0.29) is 0 Å². The number of H-pyrrole nitrogens is 1. The van der Waals surface area contributed by atoms with Crippen LogP contribution in [0.25, 0.3) is 11.0 Å². The molecule has 0 atom stereocenters. The van der Waals surface area contributed by atoms with Crippen LogP contribution in [-0.4, -0.2) is 9.97 Å². The number of imidazole rings is 1. The fourth-order valence-electron chi connectivity index (χ4n) is 1.92. The van der Waals surface area contributed by atoms with E-state index < -0.39 is 0 Å². The van der Waals surface area contributed by atoms with Gasteiger partial charge >= 0.3 is 0 Å². The molecule has 0 aliphatic carbocycles. The Kier molecular flexibility index (Phi) is 3.64. The van der Waals surface area contributed by atoms with Gasteiger partial charge in [0.25, 0.3) is 0 Å². The van der Waals surface area contributed by atoms with E-state index >= 15 is 0 Å². The number of hydrogen-bond donors (Lipinski definition) is 1. The molecule has 0 amide bonds. The summed E-state index contributed by atoms with van der Waals surface area (Å²) in [4.78, 5) is 7.42. The van der Waals surface area contributed by atoms with Gasteiger partial charge in [0.1, 0.15) is 0 Å². The van der Waals surface area contributed by atoms with E-state index in [1.54, 1.807) is 6.20 Å². The molecule has 0 bridgehead atoms. The molecule has 2 aromatic carbocycles. The zero-order chi connectivity index (χ0) is 13.6. The number of para-hydroxylation sites is 2. The largest absolute Gasteiger partial charge is 0.321 e. The summed E-state index contributed by atoms with van der Waals surface area (Å²) in [5, 5.41) is 8.05. The summed E-state index contributed by atoms with van der Waals surface area (Å²) in [5.74, 6) is 0.524. The van der Waals surface area contributed by atoms with Crippen LogP contribution in [0.4, 0.5) is 5.95 Å². The lowest BCUT2D eigenvalue weighted by Crippen LogP contribution is -1.77. The Balaban J connectivity index is 1.62. The molecular weight excluding hydrogens is 248 g/mol. The SMILES string of the molecule is C(=C\N=Nc1nc2ccccc2[nH]1)/Cc1ccccc1. The van der Waals surface area contributed by atoms with Crippen LogP contribution in [-0.2, 0) is 6.42 Å². The van der Waals surface area contributed by atoms with Crippen molar-refractivity contribution in [2.75, 3.05) is 0 Å². The average Bonchev–Trinajstić information content (AvgIpc) is 2.90. The van der Waals surface area contributed by atoms with E-state index in [4.69, 9.17) is 0 Å². The van der Waals surface area contributed by atoms with Gasteiger partial charge < -0.3 is 4.98 Å². The summed E-state index contributed by atoms with van der Waals surface area (Å²) in [6, 6.07) is 18.0. The molecule has 0 aliphatic heterocycles. The van der Waals surface area contributed by atoms with Crippen LogP contribution in [0, 0.1) is 0 Å². The van der Waals surface area contributed by atoms with Crippen molar-refractivity contribution in [2.45, 2.75) is 6.42 Å².